The van der Waals surface area contributed by atoms with Crippen molar-refractivity contribution in [3.63, 3.8) is 0 Å². The second-order valence-electron chi connectivity index (χ2n) is 10.6. The van der Waals surface area contributed by atoms with Crippen molar-refractivity contribution in [2.24, 2.45) is 7.05 Å². The minimum atomic E-state index is -0.383. The van der Waals surface area contributed by atoms with E-state index in [-0.39, 0.29) is 17.8 Å². The van der Waals surface area contributed by atoms with Crippen molar-refractivity contribution in [3.05, 3.63) is 35.7 Å². The summed E-state index contributed by atoms with van der Waals surface area (Å²) in [6, 6.07) is 6.59. The summed E-state index contributed by atoms with van der Waals surface area (Å²) in [4.78, 5) is 19.0. The number of aliphatic hydroxyl groups is 1. The van der Waals surface area contributed by atoms with Crippen LogP contribution in [-0.2, 0) is 12.5 Å². The molecular formula is C25H36N8O. The molecule has 2 fully saturated rings. The average molecular weight is 465 g/mol. The van der Waals surface area contributed by atoms with Gasteiger partial charge in [0.1, 0.15) is 11.7 Å². The van der Waals surface area contributed by atoms with Gasteiger partial charge in [0.2, 0.25) is 5.95 Å². The van der Waals surface area contributed by atoms with Crippen molar-refractivity contribution >= 4 is 28.6 Å². The molecule has 1 aromatic carbocycles. The van der Waals surface area contributed by atoms with E-state index in [4.69, 9.17) is 9.97 Å². The van der Waals surface area contributed by atoms with Crippen LogP contribution < -0.4 is 15.5 Å². The largest absolute Gasteiger partial charge is 0.379 e. The molecule has 0 aliphatic carbocycles. The number of hydrogen-bond donors (Lipinski definition) is 3. The third-order valence-corrected chi connectivity index (χ3v) is 7.05. The molecule has 5 rings (SSSR count). The Hall–Kier alpha value is -2.75. The van der Waals surface area contributed by atoms with E-state index in [2.05, 4.69) is 71.3 Å². The average Bonchev–Trinajstić information content (AvgIpc) is 3.40. The highest BCUT2D eigenvalue weighted by molar-refractivity contribution is 5.87. The number of fused-ring (bicyclic) bond motifs is 1. The van der Waals surface area contributed by atoms with Crippen LogP contribution >= 0.6 is 0 Å². The smallest absolute Gasteiger partial charge is 0.229 e. The van der Waals surface area contributed by atoms with Crippen molar-refractivity contribution in [3.8, 4) is 0 Å². The van der Waals surface area contributed by atoms with Crippen LogP contribution in [0.3, 0.4) is 0 Å². The first-order chi connectivity index (χ1) is 16.2. The summed E-state index contributed by atoms with van der Waals surface area (Å²) in [6.07, 6.45) is 3.47. The summed E-state index contributed by atoms with van der Waals surface area (Å²) >= 11 is 0. The predicted octanol–water partition coefficient (Wildman–Crippen LogP) is 2.86. The number of nitrogens with one attached hydrogen (secondary N) is 2. The molecule has 9 heteroatoms. The molecule has 0 saturated carbocycles. The number of benzene rings is 1. The fourth-order valence-corrected chi connectivity index (χ4v) is 4.85. The minimum Gasteiger partial charge on any atom is -0.379 e. The van der Waals surface area contributed by atoms with E-state index in [1.165, 1.54) is 11.1 Å². The molecule has 3 N–H and O–H groups in total. The van der Waals surface area contributed by atoms with E-state index in [9.17, 15) is 5.11 Å². The third kappa shape index (κ3) is 4.47. The van der Waals surface area contributed by atoms with Gasteiger partial charge in [-0.25, -0.2) is 4.98 Å². The van der Waals surface area contributed by atoms with Crippen molar-refractivity contribution < 1.29 is 5.11 Å². The molecule has 0 bridgehead atoms. The van der Waals surface area contributed by atoms with Crippen LogP contribution in [0.5, 0.6) is 0 Å². The van der Waals surface area contributed by atoms with Crippen molar-refractivity contribution in [2.45, 2.75) is 58.3 Å². The maximum atomic E-state index is 9.81. The summed E-state index contributed by atoms with van der Waals surface area (Å²) < 4.78 is 1.97. The van der Waals surface area contributed by atoms with Crippen LogP contribution in [-0.4, -0.2) is 68.1 Å². The number of rotatable bonds is 4. The van der Waals surface area contributed by atoms with Gasteiger partial charge in [-0.1, -0.05) is 32.9 Å². The summed E-state index contributed by atoms with van der Waals surface area (Å²) in [5.41, 5.74) is 5.15. The summed E-state index contributed by atoms with van der Waals surface area (Å²) in [6.45, 7) is 12.3. The standard InChI is InChI=1S/C25H36N8O/c1-16-6-7-17(25(2,3)4)14-18(16)27-23-21-22(26-15-31(21)5)29-24(30-23)33-12-10-32(11-13-33)19-8-9-20(34)28-19/h6-7,14-15,19-20,28,34H,8-13H2,1-5H3,(H,27,29,30). The Labute approximate surface area is 201 Å². The zero-order valence-electron chi connectivity index (χ0n) is 20.8. The molecule has 182 valence electrons. The monoisotopic (exact) mass is 464 g/mol. The number of piperazine rings is 1. The van der Waals surface area contributed by atoms with Crippen molar-refractivity contribution in [1.29, 1.82) is 0 Å². The number of imidazole rings is 1. The zero-order valence-corrected chi connectivity index (χ0v) is 20.8. The highest BCUT2D eigenvalue weighted by Crippen LogP contribution is 2.31. The lowest BCUT2D eigenvalue weighted by Gasteiger charge is -2.38. The first-order valence-corrected chi connectivity index (χ1v) is 12.2. The molecule has 4 heterocycles. The number of hydrogen-bond acceptors (Lipinski definition) is 8. The molecule has 2 aromatic heterocycles. The van der Waals surface area contributed by atoms with Gasteiger partial charge in [-0.05, 0) is 42.4 Å². The molecule has 2 aliphatic rings. The Morgan fingerprint density at radius 1 is 1.09 bits per heavy atom. The van der Waals surface area contributed by atoms with Gasteiger partial charge in [0.15, 0.2) is 11.5 Å². The lowest BCUT2D eigenvalue weighted by molar-refractivity contribution is 0.112. The van der Waals surface area contributed by atoms with Crippen molar-refractivity contribution in [2.75, 3.05) is 36.4 Å². The molecule has 2 atom stereocenters. The van der Waals surface area contributed by atoms with Gasteiger partial charge in [-0.15, -0.1) is 0 Å². The summed E-state index contributed by atoms with van der Waals surface area (Å²) in [7, 11) is 1.98. The lowest BCUT2D eigenvalue weighted by Crippen LogP contribution is -2.54. The van der Waals surface area contributed by atoms with Crippen LogP contribution in [0, 0.1) is 6.92 Å². The molecule has 9 nitrogen and oxygen atoms in total. The SMILES string of the molecule is Cc1ccc(C(C)(C)C)cc1Nc1nc(N2CCN(C3CCC(O)N3)CC2)nc2ncn(C)c12. The predicted molar refractivity (Wildman–Crippen MR) is 135 cm³/mol. The molecule has 0 radical (unpaired) electrons. The van der Waals surface area contributed by atoms with Crippen molar-refractivity contribution in [1.82, 2.24) is 29.7 Å². The second-order valence-corrected chi connectivity index (χ2v) is 10.6. The molecular weight excluding hydrogens is 428 g/mol. The second kappa shape index (κ2) is 8.79. The van der Waals surface area contributed by atoms with E-state index in [0.717, 1.165) is 56.0 Å². The fraction of sp³-hybridized carbons (Fsp3) is 0.560. The molecule has 3 aromatic rings. The Bertz CT molecular complexity index is 1180. The Morgan fingerprint density at radius 3 is 2.53 bits per heavy atom. The highest BCUT2D eigenvalue weighted by atomic mass is 16.3. The zero-order chi connectivity index (χ0) is 24.0. The topological polar surface area (TPSA) is 94.4 Å². The third-order valence-electron chi connectivity index (χ3n) is 7.05. The highest BCUT2D eigenvalue weighted by Gasteiger charge is 2.30. The van der Waals surface area contributed by atoms with Crippen LogP contribution in [0.15, 0.2) is 24.5 Å². The van der Waals surface area contributed by atoms with Gasteiger partial charge < -0.3 is 19.9 Å². The molecule has 2 unspecified atom stereocenters. The lowest BCUT2D eigenvalue weighted by atomic mass is 9.86. The Kier molecular flexibility index (Phi) is 5.95. The Morgan fingerprint density at radius 2 is 1.85 bits per heavy atom. The van der Waals surface area contributed by atoms with Crippen LogP contribution in [0.2, 0.25) is 0 Å². The molecule has 0 amide bonds. The maximum absolute atomic E-state index is 9.81. The normalized spacial score (nSPS) is 22.0. The Balaban J connectivity index is 1.42. The number of aromatic nitrogens is 4. The van der Waals surface area contributed by atoms with Gasteiger partial charge >= 0.3 is 0 Å². The van der Waals surface area contributed by atoms with Gasteiger partial charge in [0.25, 0.3) is 0 Å². The van der Waals surface area contributed by atoms with Crippen LogP contribution in [0.25, 0.3) is 11.2 Å². The van der Waals surface area contributed by atoms with Gasteiger partial charge in [0, 0.05) is 38.9 Å². The van der Waals surface area contributed by atoms with Gasteiger partial charge in [0.05, 0.1) is 12.5 Å². The van der Waals surface area contributed by atoms with Crippen LogP contribution in [0.4, 0.5) is 17.5 Å². The number of anilines is 3. The van der Waals surface area contributed by atoms with Gasteiger partial charge in [-0.3, -0.25) is 10.2 Å². The minimum absolute atomic E-state index is 0.0622. The number of nitrogens with zero attached hydrogens (tertiary/aromatic N) is 6. The number of aryl methyl sites for hydroxylation is 2. The van der Waals surface area contributed by atoms with Crippen LogP contribution in [0.1, 0.15) is 44.7 Å². The molecule has 0 spiro atoms. The quantitative estimate of drug-likeness (QED) is 0.543. The first-order valence-electron chi connectivity index (χ1n) is 12.2. The maximum Gasteiger partial charge on any atom is 0.229 e. The molecule has 2 saturated heterocycles. The first kappa shape index (κ1) is 23.0. The van der Waals surface area contributed by atoms with E-state index in [1.54, 1.807) is 6.33 Å². The van der Waals surface area contributed by atoms with E-state index >= 15 is 0 Å². The van der Waals surface area contributed by atoms with E-state index in [1.807, 2.05) is 11.6 Å². The fourth-order valence-electron chi connectivity index (χ4n) is 4.85. The van der Waals surface area contributed by atoms with E-state index in [0.29, 0.717) is 11.6 Å². The number of aliphatic hydroxyl groups excluding tert-OH is 1. The van der Waals surface area contributed by atoms with Gasteiger partial charge in [-0.2, -0.15) is 9.97 Å². The van der Waals surface area contributed by atoms with E-state index < -0.39 is 0 Å². The summed E-state index contributed by atoms with van der Waals surface area (Å²) in [5.74, 6) is 1.48. The summed E-state index contributed by atoms with van der Waals surface area (Å²) in [5, 5.41) is 16.7. The molecule has 2 aliphatic heterocycles. The molecule has 34 heavy (non-hydrogen) atoms.